The van der Waals surface area contributed by atoms with Gasteiger partial charge in [0.15, 0.2) is 0 Å². The molecule has 0 bridgehead atoms. The fourth-order valence-corrected chi connectivity index (χ4v) is 11.4. The van der Waals surface area contributed by atoms with Crippen molar-refractivity contribution >= 4 is 33.1 Å². The van der Waals surface area contributed by atoms with Gasteiger partial charge in [0.05, 0.1) is 0 Å². The molecule has 0 aliphatic rings. The molecule has 1 aromatic heterocycles. The Kier molecular flexibility index (Phi) is 7.51. The third kappa shape index (κ3) is 4.69. The molecule has 0 N–H and O–H groups in total. The number of pyridine rings is 1. The van der Waals surface area contributed by atoms with Crippen molar-refractivity contribution in [1.82, 2.24) is 4.98 Å². The Balaban J connectivity index is 1.75. The van der Waals surface area contributed by atoms with Gasteiger partial charge in [0.2, 0.25) is 0 Å². The number of halogens is 1. The summed E-state index contributed by atoms with van der Waals surface area (Å²) in [6, 6.07) is 39.7. The molecule has 0 spiro atoms. The number of nitrogens with zero attached hydrogens (tertiary/aromatic N) is 1. The molecule has 0 aliphatic heterocycles. The van der Waals surface area contributed by atoms with E-state index in [2.05, 4.69) is 89.9 Å². The van der Waals surface area contributed by atoms with Crippen LogP contribution >= 0.6 is 17.2 Å². The number of benzene rings is 4. The van der Waals surface area contributed by atoms with Crippen LogP contribution in [0, 0.1) is 0 Å². The average Bonchev–Trinajstić information content (AvgIpc) is 2.99. The van der Waals surface area contributed by atoms with E-state index >= 15 is 0 Å². The zero-order chi connectivity index (χ0) is 26.5. The monoisotopic (exact) mass is 539 g/mol. The third-order valence-electron chi connectivity index (χ3n) is 7.18. The summed E-state index contributed by atoms with van der Waals surface area (Å²) in [6.45, 7) is 0. The van der Waals surface area contributed by atoms with Crippen LogP contribution in [0.5, 0.6) is 11.5 Å². The minimum atomic E-state index is -3.54. The molecule has 38 heavy (non-hydrogen) atoms. The number of hydrogen-bond acceptors (Lipinski definition) is 3. The van der Waals surface area contributed by atoms with Crippen LogP contribution in [-0.4, -0.2) is 19.2 Å². The van der Waals surface area contributed by atoms with Gasteiger partial charge in [-0.2, -0.15) is 0 Å². The molecule has 192 valence electrons. The van der Waals surface area contributed by atoms with Crippen molar-refractivity contribution in [2.24, 2.45) is 0 Å². The molecule has 1 heterocycles. The van der Waals surface area contributed by atoms with E-state index in [1.165, 1.54) is 0 Å². The van der Waals surface area contributed by atoms with Crippen molar-refractivity contribution in [1.29, 1.82) is 0 Å². The van der Waals surface area contributed by atoms with E-state index in [-0.39, 0.29) is 0 Å². The van der Waals surface area contributed by atoms with Gasteiger partial charge in [0.25, 0.3) is 0 Å². The first-order valence-electron chi connectivity index (χ1n) is 12.6. The quantitative estimate of drug-likeness (QED) is 0.191. The zero-order valence-corrected chi connectivity index (χ0v) is 23.3. The molecule has 3 nitrogen and oxygen atoms in total. The Bertz CT molecular complexity index is 1400. The summed E-state index contributed by atoms with van der Waals surface area (Å²) < 4.78 is 11.9. The van der Waals surface area contributed by atoms with Gasteiger partial charge < -0.3 is 0 Å². The first-order valence-corrected chi connectivity index (χ1v) is 15.9. The number of methoxy groups -OCH3 is 2. The number of ether oxygens (including phenoxy) is 2. The van der Waals surface area contributed by atoms with Gasteiger partial charge in [-0.25, -0.2) is 0 Å². The molecule has 0 fully saturated rings. The fourth-order valence-electron chi connectivity index (χ4n) is 5.26. The molecule has 0 atom stereocenters. The van der Waals surface area contributed by atoms with Gasteiger partial charge in [-0.3, -0.25) is 0 Å². The topological polar surface area (TPSA) is 31.4 Å². The standard InChI is InChI=1S/C33H31ClNO2P/c1-36-32-24-28(33(37-2)23-27(32)22-26-18-20-35-21-19-26)25-38(34,29-12-6-3-7-13-29,30-14-8-4-9-15-30)31-16-10-5-11-17-31/h3-21,23-24H,22,25H2,1-2H3. The maximum absolute atomic E-state index is 8.33. The van der Waals surface area contributed by atoms with Crippen molar-refractivity contribution in [3.05, 3.63) is 144 Å². The van der Waals surface area contributed by atoms with Crippen LogP contribution in [-0.2, 0) is 12.6 Å². The maximum atomic E-state index is 8.33. The van der Waals surface area contributed by atoms with Crippen LogP contribution in [0.2, 0.25) is 0 Å². The van der Waals surface area contributed by atoms with Crippen molar-refractivity contribution in [2.45, 2.75) is 12.6 Å². The van der Waals surface area contributed by atoms with Crippen molar-refractivity contribution in [3.63, 3.8) is 0 Å². The Hall–Kier alpha value is -3.65. The summed E-state index contributed by atoms with van der Waals surface area (Å²) in [5, 5.41) is 3.33. The fraction of sp³-hybridized carbons (Fsp3) is 0.121. The number of rotatable bonds is 9. The van der Waals surface area contributed by atoms with Crippen molar-refractivity contribution in [2.75, 3.05) is 14.2 Å². The minimum absolute atomic E-state index is 0.570. The van der Waals surface area contributed by atoms with E-state index in [4.69, 9.17) is 20.7 Å². The average molecular weight is 540 g/mol. The molecule has 5 rings (SSSR count). The molecule has 0 aliphatic carbocycles. The van der Waals surface area contributed by atoms with Crippen LogP contribution in [0.1, 0.15) is 16.7 Å². The normalized spacial score (nSPS) is 12.3. The summed E-state index contributed by atoms with van der Waals surface area (Å²) in [5.41, 5.74) is 3.21. The summed E-state index contributed by atoms with van der Waals surface area (Å²) in [6.07, 6.45) is 4.90. The molecule has 5 heteroatoms. The second-order valence-corrected chi connectivity index (χ2v) is 15.8. The van der Waals surface area contributed by atoms with Crippen molar-refractivity contribution < 1.29 is 9.47 Å². The Labute approximate surface area is 229 Å². The third-order valence-corrected chi connectivity index (χ3v) is 14.4. The van der Waals surface area contributed by atoms with Crippen molar-refractivity contribution in [3.8, 4) is 11.5 Å². The van der Waals surface area contributed by atoms with Crippen LogP contribution in [0.25, 0.3) is 0 Å². The van der Waals surface area contributed by atoms with E-state index < -0.39 is 5.96 Å². The summed E-state index contributed by atoms with van der Waals surface area (Å²) in [5.74, 6) is -1.92. The molecule has 5 aromatic rings. The van der Waals surface area contributed by atoms with Gasteiger partial charge in [0.1, 0.15) is 0 Å². The molecule has 4 aromatic carbocycles. The second kappa shape index (κ2) is 11.0. The Morgan fingerprint density at radius 2 is 1.03 bits per heavy atom. The van der Waals surface area contributed by atoms with Gasteiger partial charge in [-0.15, -0.1) is 0 Å². The molecular weight excluding hydrogens is 509 g/mol. The second-order valence-electron chi connectivity index (χ2n) is 9.36. The van der Waals surface area contributed by atoms with E-state index in [1.807, 2.05) is 42.7 Å². The van der Waals surface area contributed by atoms with E-state index in [0.717, 1.165) is 44.1 Å². The van der Waals surface area contributed by atoms with Gasteiger partial charge in [0, 0.05) is 0 Å². The molecule has 0 saturated carbocycles. The van der Waals surface area contributed by atoms with Gasteiger partial charge in [-0.1, -0.05) is 0 Å². The van der Waals surface area contributed by atoms with E-state index in [0.29, 0.717) is 12.6 Å². The van der Waals surface area contributed by atoms with E-state index in [1.54, 1.807) is 14.2 Å². The predicted octanol–water partition coefficient (Wildman–Crippen LogP) is 6.87. The molecular formula is C33H31ClNO2P. The van der Waals surface area contributed by atoms with Crippen LogP contribution < -0.4 is 25.4 Å². The van der Waals surface area contributed by atoms with Gasteiger partial charge >= 0.3 is 230 Å². The SMILES string of the molecule is COc1cc(CP(Cl)(c2ccccc2)(c2ccccc2)c2ccccc2)c(OC)cc1Cc1ccncc1. The van der Waals surface area contributed by atoms with Crippen LogP contribution in [0.3, 0.4) is 0 Å². The van der Waals surface area contributed by atoms with Gasteiger partial charge in [-0.05, 0) is 0 Å². The first kappa shape index (κ1) is 26.0. The summed E-state index contributed by atoms with van der Waals surface area (Å²) >= 11 is 8.33. The van der Waals surface area contributed by atoms with Crippen LogP contribution in [0.4, 0.5) is 0 Å². The summed E-state index contributed by atoms with van der Waals surface area (Å²) in [7, 11) is 3.44. The predicted molar refractivity (Wildman–Crippen MR) is 161 cm³/mol. The number of hydrogen-bond donors (Lipinski definition) is 0. The molecule has 0 unspecified atom stereocenters. The number of aromatic nitrogens is 1. The molecule has 0 radical (unpaired) electrons. The molecule has 0 saturated heterocycles. The first-order chi connectivity index (χ1) is 18.6. The van der Waals surface area contributed by atoms with E-state index in [9.17, 15) is 0 Å². The molecule has 0 amide bonds. The summed E-state index contributed by atoms with van der Waals surface area (Å²) in [4.78, 5) is 4.15. The Morgan fingerprint density at radius 1 is 0.605 bits per heavy atom. The van der Waals surface area contributed by atoms with Crippen LogP contribution in [0.15, 0.2) is 128 Å². The Morgan fingerprint density at radius 3 is 1.47 bits per heavy atom. The zero-order valence-electron chi connectivity index (χ0n) is 21.6.